The van der Waals surface area contributed by atoms with Crippen molar-refractivity contribution < 1.29 is 0 Å². The third-order valence-electron chi connectivity index (χ3n) is 2.78. The molecule has 0 aliphatic heterocycles. The van der Waals surface area contributed by atoms with E-state index < -0.39 is 0 Å². The van der Waals surface area contributed by atoms with E-state index >= 15 is 0 Å². The highest BCUT2D eigenvalue weighted by Crippen LogP contribution is 2.16. The van der Waals surface area contributed by atoms with Gasteiger partial charge in [-0.05, 0) is 23.7 Å². The first-order chi connectivity index (χ1) is 8.79. The van der Waals surface area contributed by atoms with Gasteiger partial charge in [-0.25, -0.2) is 0 Å². The summed E-state index contributed by atoms with van der Waals surface area (Å²) in [6, 6.07) is 10.6. The van der Waals surface area contributed by atoms with Gasteiger partial charge in [0.1, 0.15) is 0 Å². The van der Waals surface area contributed by atoms with Crippen molar-refractivity contribution in [1.29, 1.82) is 0 Å². The SMILES string of the molecule is CCCNC(Cc1nnn(C)n1)c1ccccc1. The van der Waals surface area contributed by atoms with E-state index in [-0.39, 0.29) is 6.04 Å². The number of hydrogen-bond acceptors (Lipinski definition) is 4. The van der Waals surface area contributed by atoms with E-state index in [1.165, 1.54) is 10.4 Å². The van der Waals surface area contributed by atoms with Gasteiger partial charge in [0.25, 0.3) is 0 Å². The minimum atomic E-state index is 0.246. The molecule has 96 valence electrons. The Labute approximate surface area is 107 Å². The molecule has 0 aliphatic rings. The molecule has 5 nitrogen and oxygen atoms in total. The molecule has 1 N–H and O–H groups in total. The summed E-state index contributed by atoms with van der Waals surface area (Å²) in [7, 11) is 1.79. The van der Waals surface area contributed by atoms with Crippen LogP contribution in [0.3, 0.4) is 0 Å². The van der Waals surface area contributed by atoms with Crippen molar-refractivity contribution in [1.82, 2.24) is 25.5 Å². The lowest BCUT2D eigenvalue weighted by molar-refractivity contribution is 0.517. The fraction of sp³-hybridized carbons (Fsp3) is 0.462. The molecule has 0 aliphatic carbocycles. The van der Waals surface area contributed by atoms with Gasteiger partial charge in [-0.2, -0.15) is 4.80 Å². The van der Waals surface area contributed by atoms with Crippen LogP contribution in [0.2, 0.25) is 0 Å². The van der Waals surface area contributed by atoms with Crippen molar-refractivity contribution in [2.24, 2.45) is 7.05 Å². The van der Waals surface area contributed by atoms with Gasteiger partial charge in [-0.3, -0.25) is 0 Å². The smallest absolute Gasteiger partial charge is 0.176 e. The van der Waals surface area contributed by atoms with Crippen LogP contribution in [0.4, 0.5) is 0 Å². The second-order valence-electron chi connectivity index (χ2n) is 4.32. The summed E-state index contributed by atoms with van der Waals surface area (Å²) in [5.74, 6) is 0.773. The summed E-state index contributed by atoms with van der Waals surface area (Å²) >= 11 is 0. The Balaban J connectivity index is 2.10. The Hall–Kier alpha value is -1.75. The largest absolute Gasteiger partial charge is 0.310 e. The van der Waals surface area contributed by atoms with Crippen LogP contribution in [-0.2, 0) is 13.5 Å². The van der Waals surface area contributed by atoms with Crippen molar-refractivity contribution in [3.63, 3.8) is 0 Å². The summed E-state index contributed by atoms with van der Waals surface area (Å²) < 4.78 is 0. The van der Waals surface area contributed by atoms with Crippen molar-refractivity contribution in [3.8, 4) is 0 Å². The van der Waals surface area contributed by atoms with Crippen molar-refractivity contribution in [2.75, 3.05) is 6.54 Å². The zero-order valence-electron chi connectivity index (χ0n) is 10.9. The van der Waals surface area contributed by atoms with Crippen LogP contribution in [-0.4, -0.2) is 26.8 Å². The highest BCUT2D eigenvalue weighted by Gasteiger charge is 2.14. The van der Waals surface area contributed by atoms with E-state index in [0.717, 1.165) is 25.2 Å². The number of nitrogens with one attached hydrogen (secondary N) is 1. The lowest BCUT2D eigenvalue weighted by atomic mass is 10.0. The zero-order valence-corrected chi connectivity index (χ0v) is 10.9. The zero-order chi connectivity index (χ0) is 12.8. The minimum absolute atomic E-state index is 0.246. The van der Waals surface area contributed by atoms with Gasteiger partial charge in [-0.1, -0.05) is 37.3 Å². The lowest BCUT2D eigenvalue weighted by Gasteiger charge is -2.17. The summed E-state index contributed by atoms with van der Waals surface area (Å²) in [6.07, 6.45) is 1.87. The van der Waals surface area contributed by atoms with Crippen LogP contribution in [0.25, 0.3) is 0 Å². The summed E-state index contributed by atoms with van der Waals surface area (Å²) in [5, 5.41) is 15.7. The van der Waals surface area contributed by atoms with Gasteiger partial charge >= 0.3 is 0 Å². The predicted molar refractivity (Wildman–Crippen MR) is 70.0 cm³/mol. The molecule has 2 rings (SSSR count). The van der Waals surface area contributed by atoms with E-state index in [1.54, 1.807) is 7.05 Å². The van der Waals surface area contributed by atoms with Gasteiger partial charge in [0.05, 0.1) is 7.05 Å². The number of nitrogens with zero attached hydrogens (tertiary/aromatic N) is 4. The topological polar surface area (TPSA) is 55.6 Å². The molecule has 0 radical (unpaired) electrons. The average Bonchev–Trinajstić information content (AvgIpc) is 2.81. The van der Waals surface area contributed by atoms with Crippen molar-refractivity contribution in [3.05, 3.63) is 41.7 Å². The predicted octanol–water partition coefficient (Wildman–Crippen LogP) is 1.49. The third-order valence-corrected chi connectivity index (χ3v) is 2.78. The van der Waals surface area contributed by atoms with E-state index in [4.69, 9.17) is 0 Å². The second-order valence-corrected chi connectivity index (χ2v) is 4.32. The molecule has 0 bridgehead atoms. The molecule has 1 heterocycles. The van der Waals surface area contributed by atoms with Crippen LogP contribution in [0.15, 0.2) is 30.3 Å². The maximum Gasteiger partial charge on any atom is 0.176 e. The Bertz CT molecular complexity index is 465. The number of benzene rings is 1. The van der Waals surface area contributed by atoms with Gasteiger partial charge < -0.3 is 5.32 Å². The highest BCUT2D eigenvalue weighted by atomic mass is 15.6. The molecule has 0 fully saturated rings. The number of aryl methyl sites for hydroxylation is 1. The molecule has 1 atom stereocenters. The number of rotatable bonds is 6. The molecule has 0 saturated carbocycles. The second kappa shape index (κ2) is 6.26. The molecule has 1 aromatic carbocycles. The first-order valence-corrected chi connectivity index (χ1v) is 6.30. The van der Waals surface area contributed by atoms with Gasteiger partial charge in [-0.15, -0.1) is 10.2 Å². The molecule has 0 amide bonds. The van der Waals surface area contributed by atoms with Gasteiger partial charge in [0.15, 0.2) is 5.82 Å². The Morgan fingerprint density at radius 2 is 2.06 bits per heavy atom. The Morgan fingerprint density at radius 1 is 1.28 bits per heavy atom. The van der Waals surface area contributed by atoms with E-state index in [1.807, 2.05) is 6.07 Å². The number of tetrazole rings is 1. The number of hydrogen-bond donors (Lipinski definition) is 1. The molecule has 2 aromatic rings. The molecule has 0 saturated heterocycles. The third kappa shape index (κ3) is 3.37. The molecule has 5 heteroatoms. The summed E-state index contributed by atoms with van der Waals surface area (Å²) in [5.41, 5.74) is 1.26. The quantitative estimate of drug-likeness (QED) is 0.838. The maximum atomic E-state index is 4.24. The Kier molecular flexibility index (Phi) is 4.41. The van der Waals surface area contributed by atoms with Gasteiger partial charge in [0.2, 0.25) is 0 Å². The highest BCUT2D eigenvalue weighted by molar-refractivity contribution is 5.19. The van der Waals surface area contributed by atoms with E-state index in [0.29, 0.717) is 0 Å². The van der Waals surface area contributed by atoms with Gasteiger partial charge in [0, 0.05) is 12.5 Å². The molecule has 18 heavy (non-hydrogen) atoms. The van der Waals surface area contributed by atoms with Crippen LogP contribution in [0.1, 0.15) is 30.8 Å². The number of aromatic nitrogens is 4. The summed E-state index contributed by atoms with van der Waals surface area (Å²) in [6.45, 7) is 3.15. The van der Waals surface area contributed by atoms with Crippen molar-refractivity contribution >= 4 is 0 Å². The normalized spacial score (nSPS) is 12.6. The van der Waals surface area contributed by atoms with E-state index in [2.05, 4.69) is 51.9 Å². The molecule has 1 aromatic heterocycles. The van der Waals surface area contributed by atoms with Crippen LogP contribution in [0.5, 0.6) is 0 Å². The molecular formula is C13H19N5. The monoisotopic (exact) mass is 245 g/mol. The maximum absolute atomic E-state index is 4.24. The fourth-order valence-corrected chi connectivity index (χ4v) is 1.90. The van der Waals surface area contributed by atoms with Crippen LogP contribution in [0, 0.1) is 0 Å². The first-order valence-electron chi connectivity index (χ1n) is 6.30. The molecule has 0 spiro atoms. The molecule has 1 unspecified atom stereocenters. The first kappa shape index (κ1) is 12.7. The fourth-order valence-electron chi connectivity index (χ4n) is 1.90. The van der Waals surface area contributed by atoms with Crippen LogP contribution < -0.4 is 5.32 Å². The summed E-state index contributed by atoms with van der Waals surface area (Å²) in [4.78, 5) is 1.50. The van der Waals surface area contributed by atoms with Crippen LogP contribution >= 0.6 is 0 Å². The molecular weight excluding hydrogens is 226 g/mol. The lowest BCUT2D eigenvalue weighted by Crippen LogP contribution is -2.24. The minimum Gasteiger partial charge on any atom is -0.310 e. The average molecular weight is 245 g/mol. The van der Waals surface area contributed by atoms with E-state index in [9.17, 15) is 0 Å². The van der Waals surface area contributed by atoms with Crippen molar-refractivity contribution in [2.45, 2.75) is 25.8 Å². The standard InChI is InChI=1S/C13H19N5/c1-3-9-14-12(11-7-5-4-6-8-11)10-13-15-17-18(2)16-13/h4-8,12,14H,3,9-10H2,1-2H3. The Morgan fingerprint density at radius 3 is 2.67 bits per heavy atom.